The number of rotatable bonds is 12. The molecular weight excluding hydrogens is 540 g/mol. The van der Waals surface area contributed by atoms with E-state index in [4.69, 9.17) is 21.7 Å². The summed E-state index contributed by atoms with van der Waals surface area (Å²) in [6, 6.07) is 13.0. The molecule has 10 heteroatoms. The maximum Gasteiger partial charge on any atom is 0.338 e. The number of esters is 1. The lowest BCUT2D eigenvalue weighted by Gasteiger charge is -2.31. The van der Waals surface area contributed by atoms with Crippen molar-refractivity contribution in [3.8, 4) is 5.75 Å². The first-order chi connectivity index (χ1) is 19.8. The lowest BCUT2D eigenvalue weighted by atomic mass is 9.99. The minimum Gasteiger partial charge on any atom is -0.494 e. The molecule has 2 fully saturated rings. The van der Waals surface area contributed by atoms with Gasteiger partial charge >= 0.3 is 5.97 Å². The van der Waals surface area contributed by atoms with E-state index >= 15 is 0 Å². The van der Waals surface area contributed by atoms with Gasteiger partial charge in [-0.3, -0.25) is 14.5 Å². The first kappa shape index (κ1) is 30.5. The second kappa shape index (κ2) is 14.4. The molecule has 9 nitrogen and oxygen atoms in total. The zero-order chi connectivity index (χ0) is 29.4. The molecule has 1 N–H and O–H groups in total. The average molecular weight is 581 g/mol. The van der Waals surface area contributed by atoms with Gasteiger partial charge in [-0.05, 0) is 119 Å². The topological polar surface area (TPSA) is 91.4 Å². The summed E-state index contributed by atoms with van der Waals surface area (Å²) < 4.78 is 10.5. The zero-order valence-corrected chi connectivity index (χ0v) is 25.0. The van der Waals surface area contributed by atoms with E-state index in [-0.39, 0.29) is 24.8 Å². The number of nitrogens with zero attached hydrogens (tertiary/aromatic N) is 3. The molecule has 2 aromatic carbocycles. The molecule has 0 unspecified atom stereocenters. The summed E-state index contributed by atoms with van der Waals surface area (Å²) in [5.41, 5.74) is 1.58. The molecular formula is C31H40N4O5S. The van der Waals surface area contributed by atoms with Gasteiger partial charge in [-0.15, -0.1) is 0 Å². The van der Waals surface area contributed by atoms with Gasteiger partial charge in [-0.25, -0.2) is 4.79 Å². The van der Waals surface area contributed by atoms with Crippen LogP contribution in [0.25, 0.3) is 0 Å². The number of amides is 2. The number of likely N-dealkylation sites (tertiary alicyclic amines) is 1. The van der Waals surface area contributed by atoms with Crippen molar-refractivity contribution >= 4 is 46.5 Å². The Morgan fingerprint density at radius 3 is 2.29 bits per heavy atom. The number of ether oxygens (including phenoxy) is 2. The molecule has 1 atom stereocenters. The Morgan fingerprint density at radius 2 is 1.66 bits per heavy atom. The summed E-state index contributed by atoms with van der Waals surface area (Å²) in [4.78, 5) is 44.8. The molecule has 2 heterocycles. The Labute approximate surface area is 247 Å². The maximum atomic E-state index is 13.8. The summed E-state index contributed by atoms with van der Waals surface area (Å²) in [5, 5.41) is 3.26. The Morgan fingerprint density at radius 1 is 0.976 bits per heavy atom. The van der Waals surface area contributed by atoms with Crippen molar-refractivity contribution in [3.63, 3.8) is 0 Å². The number of anilines is 2. The molecule has 4 rings (SSSR count). The molecule has 0 aromatic heterocycles. The quantitative estimate of drug-likeness (QED) is 0.285. The highest BCUT2D eigenvalue weighted by atomic mass is 32.1. The Hall–Kier alpha value is -3.50. The smallest absolute Gasteiger partial charge is 0.338 e. The van der Waals surface area contributed by atoms with Gasteiger partial charge in [0, 0.05) is 12.2 Å². The lowest BCUT2D eigenvalue weighted by molar-refractivity contribution is -0.124. The first-order valence-corrected chi connectivity index (χ1v) is 14.9. The van der Waals surface area contributed by atoms with Crippen LogP contribution in [0.2, 0.25) is 0 Å². The molecule has 0 spiro atoms. The van der Waals surface area contributed by atoms with Crippen LogP contribution >= 0.6 is 12.2 Å². The van der Waals surface area contributed by atoms with Crippen LogP contribution in [0.4, 0.5) is 11.4 Å². The largest absolute Gasteiger partial charge is 0.494 e. The number of hydrogen-bond acceptors (Lipinski definition) is 7. The molecule has 220 valence electrons. The number of carbonyl (C=O) groups excluding carboxylic acids is 3. The van der Waals surface area contributed by atoms with Crippen molar-refractivity contribution in [1.82, 2.24) is 9.80 Å². The third-order valence-corrected chi connectivity index (χ3v) is 7.95. The fourth-order valence-corrected chi connectivity index (χ4v) is 5.64. The molecule has 2 saturated heterocycles. The average Bonchev–Trinajstić information content (AvgIpc) is 3.19. The number of thiocarbonyl (C=S) groups is 1. The van der Waals surface area contributed by atoms with E-state index in [1.807, 2.05) is 11.8 Å². The van der Waals surface area contributed by atoms with E-state index in [2.05, 4.69) is 17.1 Å². The van der Waals surface area contributed by atoms with E-state index in [0.717, 1.165) is 37.7 Å². The predicted octanol–water partition coefficient (Wildman–Crippen LogP) is 4.71. The van der Waals surface area contributed by atoms with E-state index in [1.165, 1.54) is 17.7 Å². The number of benzene rings is 2. The van der Waals surface area contributed by atoms with Gasteiger partial charge in [-0.1, -0.05) is 6.92 Å². The summed E-state index contributed by atoms with van der Waals surface area (Å²) in [6.07, 6.45) is 3.19. The van der Waals surface area contributed by atoms with E-state index in [1.54, 1.807) is 55.5 Å². The second-order valence-corrected chi connectivity index (χ2v) is 10.9. The van der Waals surface area contributed by atoms with Crippen LogP contribution in [0.1, 0.15) is 56.8 Å². The van der Waals surface area contributed by atoms with Gasteiger partial charge < -0.3 is 24.6 Å². The Balaban J connectivity index is 1.47. The van der Waals surface area contributed by atoms with Crippen LogP contribution in [0.3, 0.4) is 0 Å². The molecule has 0 radical (unpaired) electrons. The van der Waals surface area contributed by atoms with Gasteiger partial charge in [-0.2, -0.15) is 0 Å². The van der Waals surface area contributed by atoms with Crippen molar-refractivity contribution in [2.75, 3.05) is 49.6 Å². The Bertz CT molecular complexity index is 1210. The van der Waals surface area contributed by atoms with Crippen LogP contribution in [0.5, 0.6) is 5.75 Å². The van der Waals surface area contributed by atoms with Crippen LogP contribution < -0.4 is 15.0 Å². The summed E-state index contributed by atoms with van der Waals surface area (Å²) in [6.45, 7) is 10.4. The third-order valence-electron chi connectivity index (χ3n) is 7.53. The molecule has 0 bridgehead atoms. The van der Waals surface area contributed by atoms with Gasteiger partial charge in [0.1, 0.15) is 11.8 Å². The van der Waals surface area contributed by atoms with Crippen molar-refractivity contribution in [2.24, 2.45) is 5.92 Å². The fourth-order valence-electron chi connectivity index (χ4n) is 5.23. The minimum atomic E-state index is -0.726. The third kappa shape index (κ3) is 7.83. The van der Waals surface area contributed by atoms with Crippen LogP contribution in [-0.2, 0) is 14.3 Å². The summed E-state index contributed by atoms with van der Waals surface area (Å²) in [7, 11) is 0. The van der Waals surface area contributed by atoms with Gasteiger partial charge in [0.15, 0.2) is 5.11 Å². The summed E-state index contributed by atoms with van der Waals surface area (Å²) >= 11 is 5.81. The van der Waals surface area contributed by atoms with Gasteiger partial charge in [0.2, 0.25) is 5.91 Å². The number of piperidine rings is 1. The van der Waals surface area contributed by atoms with E-state index < -0.39 is 12.0 Å². The second-order valence-electron chi connectivity index (χ2n) is 10.5. The standard InChI is InChI=1S/C31H40N4O5S/c1-4-39-26-13-9-24(10-14-26)32-28(36)21-27-29(37)35(25-11-7-23(8-12-25)30(38)40-5-2)31(41)34(27)18-6-17-33-19-15-22(3)16-20-33/h7-14,22,27H,4-6,15-21H2,1-3H3,(H,32,36)/t27-/m1/s1. The number of carbonyl (C=O) groups is 3. The SMILES string of the molecule is CCOC(=O)c1ccc(N2C(=O)[C@@H](CC(=O)Nc3ccc(OCC)cc3)N(CCCN3CCC(C)CC3)C2=S)cc1. The summed E-state index contributed by atoms with van der Waals surface area (Å²) in [5.74, 6) is 0.530. The van der Waals surface area contributed by atoms with Crippen molar-refractivity contribution in [3.05, 3.63) is 54.1 Å². The van der Waals surface area contributed by atoms with E-state index in [0.29, 0.717) is 35.2 Å². The van der Waals surface area contributed by atoms with Crippen molar-refractivity contribution < 1.29 is 23.9 Å². The number of nitrogens with one attached hydrogen (secondary N) is 1. The molecule has 2 aliphatic rings. The molecule has 2 aliphatic heterocycles. The Kier molecular flexibility index (Phi) is 10.7. The zero-order valence-electron chi connectivity index (χ0n) is 24.1. The normalized spacial score (nSPS) is 18.1. The highest BCUT2D eigenvalue weighted by Crippen LogP contribution is 2.28. The predicted molar refractivity (Wildman–Crippen MR) is 163 cm³/mol. The monoisotopic (exact) mass is 580 g/mol. The molecule has 0 saturated carbocycles. The van der Waals surface area contributed by atoms with Gasteiger partial charge in [0.25, 0.3) is 5.91 Å². The van der Waals surface area contributed by atoms with Crippen molar-refractivity contribution in [1.29, 1.82) is 0 Å². The van der Waals surface area contributed by atoms with Crippen LogP contribution in [0, 0.1) is 5.92 Å². The van der Waals surface area contributed by atoms with E-state index in [9.17, 15) is 14.4 Å². The maximum absolute atomic E-state index is 13.8. The molecule has 0 aliphatic carbocycles. The first-order valence-electron chi connectivity index (χ1n) is 14.5. The number of hydrogen-bond donors (Lipinski definition) is 1. The molecule has 2 amide bonds. The van der Waals surface area contributed by atoms with Crippen LogP contribution in [-0.4, -0.2) is 78.1 Å². The molecule has 2 aromatic rings. The fraction of sp³-hybridized carbons (Fsp3) is 0.484. The van der Waals surface area contributed by atoms with Crippen molar-refractivity contribution in [2.45, 2.75) is 52.5 Å². The lowest BCUT2D eigenvalue weighted by Crippen LogP contribution is -2.40. The highest BCUT2D eigenvalue weighted by molar-refractivity contribution is 7.80. The highest BCUT2D eigenvalue weighted by Gasteiger charge is 2.44. The van der Waals surface area contributed by atoms with Gasteiger partial charge in [0.05, 0.1) is 30.9 Å². The molecule has 41 heavy (non-hydrogen) atoms. The minimum absolute atomic E-state index is 0.0369. The van der Waals surface area contributed by atoms with Crippen LogP contribution in [0.15, 0.2) is 48.5 Å².